The highest BCUT2D eigenvalue weighted by Gasteiger charge is 2.30. The Labute approximate surface area is 129 Å². The topological polar surface area (TPSA) is 48.3 Å². The lowest BCUT2D eigenvalue weighted by Crippen LogP contribution is -2.41. The van der Waals surface area contributed by atoms with Crippen molar-refractivity contribution < 1.29 is 13.9 Å². The zero-order valence-corrected chi connectivity index (χ0v) is 12.5. The lowest BCUT2D eigenvalue weighted by atomic mass is 10.1. The molecule has 0 unspecified atom stereocenters. The maximum absolute atomic E-state index is 13.6. The van der Waals surface area contributed by atoms with E-state index in [1.807, 2.05) is 23.9 Å². The Morgan fingerprint density at radius 1 is 1.41 bits per heavy atom. The second kappa shape index (κ2) is 6.89. The molecule has 1 aliphatic rings. The minimum Gasteiger partial charge on any atom is -0.483 e. The standard InChI is InChI=1S/C16H20FN3O2/c1-2-20-9-13(8-19-20)22-16-11-21-10-15(16)18-7-12-5-3-4-6-14(12)17/h3-6,8-9,15-16,18H,2,7,10-11H2,1H3/t15-,16+/m0/s1. The summed E-state index contributed by atoms with van der Waals surface area (Å²) in [6, 6.07) is 6.80. The third kappa shape index (κ3) is 3.45. The predicted octanol–water partition coefficient (Wildman–Crippen LogP) is 1.98. The Kier molecular flexibility index (Phi) is 4.70. The summed E-state index contributed by atoms with van der Waals surface area (Å²) < 4.78 is 26.9. The van der Waals surface area contributed by atoms with Gasteiger partial charge in [0.05, 0.1) is 31.6 Å². The fourth-order valence-electron chi connectivity index (χ4n) is 2.48. The van der Waals surface area contributed by atoms with Crippen molar-refractivity contribution in [2.24, 2.45) is 0 Å². The third-order valence-corrected chi connectivity index (χ3v) is 3.76. The van der Waals surface area contributed by atoms with Crippen molar-refractivity contribution in [1.29, 1.82) is 0 Å². The number of benzene rings is 1. The second-order valence-corrected chi connectivity index (χ2v) is 5.30. The van der Waals surface area contributed by atoms with E-state index in [0.29, 0.717) is 25.3 Å². The number of hydrogen-bond acceptors (Lipinski definition) is 4. The van der Waals surface area contributed by atoms with Crippen LogP contribution in [0.15, 0.2) is 36.7 Å². The fourth-order valence-corrected chi connectivity index (χ4v) is 2.48. The number of nitrogens with zero attached hydrogens (tertiary/aromatic N) is 2. The zero-order valence-electron chi connectivity index (χ0n) is 12.5. The molecule has 5 nitrogen and oxygen atoms in total. The first-order chi connectivity index (χ1) is 10.8. The molecular formula is C16H20FN3O2. The first kappa shape index (κ1) is 15.0. The lowest BCUT2D eigenvalue weighted by Gasteiger charge is -2.19. The maximum atomic E-state index is 13.6. The molecule has 1 fully saturated rings. The molecule has 0 spiro atoms. The molecular weight excluding hydrogens is 285 g/mol. The summed E-state index contributed by atoms with van der Waals surface area (Å²) in [5.41, 5.74) is 0.645. The highest BCUT2D eigenvalue weighted by Crippen LogP contribution is 2.17. The molecule has 22 heavy (non-hydrogen) atoms. The van der Waals surface area contributed by atoms with Crippen LogP contribution in [0.2, 0.25) is 0 Å². The van der Waals surface area contributed by atoms with Gasteiger partial charge in [-0.05, 0) is 13.0 Å². The highest BCUT2D eigenvalue weighted by molar-refractivity contribution is 5.17. The van der Waals surface area contributed by atoms with Crippen molar-refractivity contribution in [3.05, 3.63) is 48.0 Å². The van der Waals surface area contributed by atoms with Crippen LogP contribution in [-0.2, 0) is 17.8 Å². The van der Waals surface area contributed by atoms with Gasteiger partial charge in [0.15, 0.2) is 5.75 Å². The Hall–Kier alpha value is -1.92. The molecule has 1 saturated heterocycles. The van der Waals surface area contributed by atoms with E-state index in [4.69, 9.17) is 9.47 Å². The van der Waals surface area contributed by atoms with Crippen LogP contribution in [0.4, 0.5) is 4.39 Å². The summed E-state index contributed by atoms with van der Waals surface area (Å²) in [6.07, 6.45) is 3.48. The van der Waals surface area contributed by atoms with Gasteiger partial charge in [-0.1, -0.05) is 18.2 Å². The van der Waals surface area contributed by atoms with Crippen molar-refractivity contribution in [3.63, 3.8) is 0 Å². The molecule has 6 heteroatoms. The predicted molar refractivity (Wildman–Crippen MR) is 80.2 cm³/mol. The highest BCUT2D eigenvalue weighted by atomic mass is 19.1. The summed E-state index contributed by atoms with van der Waals surface area (Å²) >= 11 is 0. The van der Waals surface area contributed by atoms with Crippen molar-refractivity contribution in [3.8, 4) is 5.75 Å². The molecule has 0 amide bonds. The maximum Gasteiger partial charge on any atom is 0.157 e. The molecule has 3 rings (SSSR count). The Balaban J connectivity index is 1.57. The molecule has 2 atom stereocenters. The number of ether oxygens (including phenoxy) is 2. The van der Waals surface area contributed by atoms with E-state index in [2.05, 4.69) is 10.4 Å². The van der Waals surface area contributed by atoms with Crippen LogP contribution in [0.1, 0.15) is 12.5 Å². The van der Waals surface area contributed by atoms with Crippen LogP contribution < -0.4 is 10.1 Å². The minimum atomic E-state index is -0.199. The molecule has 0 bridgehead atoms. The molecule has 118 valence electrons. The number of nitrogens with one attached hydrogen (secondary N) is 1. The molecule has 1 aromatic carbocycles. The van der Waals surface area contributed by atoms with Gasteiger partial charge in [-0.3, -0.25) is 4.68 Å². The van der Waals surface area contributed by atoms with E-state index >= 15 is 0 Å². The van der Waals surface area contributed by atoms with Crippen molar-refractivity contribution >= 4 is 0 Å². The number of rotatable bonds is 6. The molecule has 0 aliphatic carbocycles. The van der Waals surface area contributed by atoms with Gasteiger partial charge >= 0.3 is 0 Å². The molecule has 1 aliphatic heterocycles. The third-order valence-electron chi connectivity index (χ3n) is 3.76. The number of aryl methyl sites for hydroxylation is 1. The fraction of sp³-hybridized carbons (Fsp3) is 0.438. The number of hydrogen-bond donors (Lipinski definition) is 1. The number of halogens is 1. The van der Waals surface area contributed by atoms with Crippen LogP contribution in [-0.4, -0.2) is 35.1 Å². The lowest BCUT2D eigenvalue weighted by molar-refractivity contribution is 0.139. The summed E-state index contributed by atoms with van der Waals surface area (Å²) in [4.78, 5) is 0. The van der Waals surface area contributed by atoms with E-state index in [-0.39, 0.29) is 18.0 Å². The summed E-state index contributed by atoms with van der Waals surface area (Å²) in [7, 11) is 0. The normalized spacial score (nSPS) is 21.2. The first-order valence-electron chi connectivity index (χ1n) is 7.50. The van der Waals surface area contributed by atoms with E-state index in [0.717, 1.165) is 12.3 Å². The molecule has 1 aromatic heterocycles. The van der Waals surface area contributed by atoms with Gasteiger partial charge in [0, 0.05) is 18.7 Å². The van der Waals surface area contributed by atoms with E-state index in [1.54, 1.807) is 18.3 Å². The van der Waals surface area contributed by atoms with E-state index in [9.17, 15) is 4.39 Å². The van der Waals surface area contributed by atoms with Gasteiger partial charge < -0.3 is 14.8 Å². The Bertz CT molecular complexity index is 617. The van der Waals surface area contributed by atoms with Crippen molar-refractivity contribution in [2.45, 2.75) is 32.2 Å². The average molecular weight is 305 g/mol. The SMILES string of the molecule is CCn1cc(O[C@@H]2COC[C@@H]2NCc2ccccc2F)cn1. The van der Waals surface area contributed by atoms with Gasteiger partial charge in [0.2, 0.25) is 0 Å². The van der Waals surface area contributed by atoms with Gasteiger partial charge in [-0.15, -0.1) is 0 Å². The van der Waals surface area contributed by atoms with Gasteiger partial charge in [0.25, 0.3) is 0 Å². The monoisotopic (exact) mass is 305 g/mol. The van der Waals surface area contributed by atoms with Crippen LogP contribution >= 0.6 is 0 Å². The molecule has 1 N–H and O–H groups in total. The van der Waals surface area contributed by atoms with E-state index in [1.165, 1.54) is 6.07 Å². The van der Waals surface area contributed by atoms with Crippen LogP contribution in [0, 0.1) is 5.82 Å². The van der Waals surface area contributed by atoms with E-state index < -0.39 is 0 Å². The van der Waals surface area contributed by atoms with Crippen molar-refractivity contribution in [1.82, 2.24) is 15.1 Å². The Morgan fingerprint density at radius 2 is 2.27 bits per heavy atom. The van der Waals surface area contributed by atoms with Gasteiger partial charge in [0.1, 0.15) is 11.9 Å². The first-order valence-corrected chi connectivity index (χ1v) is 7.50. The van der Waals surface area contributed by atoms with Crippen LogP contribution in [0.5, 0.6) is 5.75 Å². The molecule has 2 aromatic rings. The summed E-state index contributed by atoms with van der Waals surface area (Å²) in [5.74, 6) is 0.533. The molecule has 0 saturated carbocycles. The van der Waals surface area contributed by atoms with Crippen molar-refractivity contribution in [2.75, 3.05) is 13.2 Å². The molecule has 0 radical (unpaired) electrons. The summed E-state index contributed by atoms with van der Waals surface area (Å²) in [6.45, 7) is 4.36. The largest absolute Gasteiger partial charge is 0.483 e. The quantitative estimate of drug-likeness (QED) is 0.886. The van der Waals surface area contributed by atoms with Gasteiger partial charge in [-0.2, -0.15) is 5.10 Å². The number of aromatic nitrogens is 2. The van der Waals surface area contributed by atoms with Crippen LogP contribution in [0.3, 0.4) is 0 Å². The summed E-state index contributed by atoms with van der Waals surface area (Å²) in [5, 5.41) is 7.50. The average Bonchev–Trinajstić information content (AvgIpc) is 3.16. The van der Waals surface area contributed by atoms with Crippen LogP contribution in [0.25, 0.3) is 0 Å². The minimum absolute atomic E-state index is 0.0320. The second-order valence-electron chi connectivity index (χ2n) is 5.30. The Morgan fingerprint density at radius 3 is 3.05 bits per heavy atom. The molecule has 2 heterocycles. The van der Waals surface area contributed by atoms with Gasteiger partial charge in [-0.25, -0.2) is 4.39 Å². The zero-order chi connectivity index (χ0) is 15.4. The smallest absolute Gasteiger partial charge is 0.157 e.